The lowest BCUT2D eigenvalue weighted by Gasteiger charge is -2.19. The third kappa shape index (κ3) is 5.97. The average molecular weight is 460 g/mol. The minimum atomic E-state index is -0.936. The summed E-state index contributed by atoms with van der Waals surface area (Å²) in [7, 11) is 0. The van der Waals surface area contributed by atoms with Crippen LogP contribution >= 0.6 is 0 Å². The quantitative estimate of drug-likeness (QED) is 0.320. The van der Waals surface area contributed by atoms with E-state index in [1.165, 1.54) is 12.1 Å². The number of hydrogen-bond acceptors (Lipinski definition) is 4. The van der Waals surface area contributed by atoms with Gasteiger partial charge in [0.1, 0.15) is 11.4 Å². The first-order chi connectivity index (χ1) is 16.2. The van der Waals surface area contributed by atoms with Crippen LogP contribution in [0.2, 0.25) is 0 Å². The van der Waals surface area contributed by atoms with E-state index in [4.69, 9.17) is 9.72 Å². The maximum absolute atomic E-state index is 13.6. The topological polar surface area (TPSA) is 59.4 Å². The third-order valence-corrected chi connectivity index (χ3v) is 5.56. The van der Waals surface area contributed by atoms with Crippen LogP contribution in [-0.2, 0) is 9.53 Å². The summed E-state index contributed by atoms with van der Waals surface area (Å²) in [6, 6.07) is 14.5. The number of fused-ring (bicyclic) bond motifs is 1. The first kappa shape index (κ1) is 23.8. The number of aromatic nitrogens is 1. The van der Waals surface area contributed by atoms with Gasteiger partial charge < -0.3 is 9.84 Å². The number of carbonyl (C=O) groups excluding carboxylic acids is 1. The van der Waals surface area contributed by atoms with Gasteiger partial charge in [-0.2, -0.15) is 0 Å². The molecule has 4 nitrogen and oxygen atoms in total. The van der Waals surface area contributed by atoms with Crippen molar-refractivity contribution in [1.29, 1.82) is 0 Å². The summed E-state index contributed by atoms with van der Waals surface area (Å²) in [4.78, 5) is 16.9. The van der Waals surface area contributed by atoms with Gasteiger partial charge in [-0.15, -0.1) is 0 Å². The predicted octanol–water partition coefficient (Wildman–Crippen LogP) is 6.58. The molecule has 34 heavy (non-hydrogen) atoms. The molecule has 0 spiro atoms. The fraction of sp³-hybridized carbons (Fsp3) is 0.310. The molecule has 0 radical (unpaired) electrons. The fourth-order valence-corrected chi connectivity index (χ4v) is 3.98. The molecular formula is C29H30FNO3. The molecule has 0 unspecified atom stereocenters. The van der Waals surface area contributed by atoms with E-state index in [2.05, 4.69) is 0 Å². The molecule has 1 aromatic heterocycles. The highest BCUT2D eigenvalue weighted by molar-refractivity contribution is 5.99. The zero-order valence-corrected chi connectivity index (χ0v) is 19.8. The number of pyridine rings is 1. The second-order valence-corrected chi connectivity index (χ2v) is 9.69. The molecule has 2 aromatic carbocycles. The molecule has 0 amide bonds. The SMILES string of the molecule is CC(C)(C)OC(=O)C[C@H](O)/C=C/C=C/c1c(C2CC2)nc2ccccc2c1-c1ccc(F)cc1. The molecule has 0 saturated heterocycles. The van der Waals surface area contributed by atoms with Gasteiger partial charge >= 0.3 is 5.97 Å². The number of aliphatic hydroxyl groups excluding tert-OH is 1. The van der Waals surface area contributed by atoms with Crippen LogP contribution in [0.5, 0.6) is 0 Å². The van der Waals surface area contributed by atoms with Crippen LogP contribution in [0.3, 0.4) is 0 Å². The average Bonchev–Trinajstić information content (AvgIpc) is 3.60. The normalized spacial score (nSPS) is 15.3. The lowest BCUT2D eigenvalue weighted by molar-refractivity contribution is -0.156. The summed E-state index contributed by atoms with van der Waals surface area (Å²) < 4.78 is 18.9. The van der Waals surface area contributed by atoms with Crippen LogP contribution < -0.4 is 0 Å². The van der Waals surface area contributed by atoms with Crippen molar-refractivity contribution in [2.75, 3.05) is 0 Å². The highest BCUT2D eigenvalue weighted by Gasteiger charge is 2.29. The number of esters is 1. The highest BCUT2D eigenvalue weighted by Crippen LogP contribution is 2.45. The number of allylic oxidation sites excluding steroid dienone is 2. The van der Waals surface area contributed by atoms with E-state index in [0.29, 0.717) is 5.92 Å². The fourth-order valence-electron chi connectivity index (χ4n) is 3.98. The van der Waals surface area contributed by atoms with Gasteiger partial charge in [0.15, 0.2) is 0 Å². The number of nitrogens with zero attached hydrogens (tertiary/aromatic N) is 1. The lowest BCUT2D eigenvalue weighted by atomic mass is 9.92. The van der Waals surface area contributed by atoms with Crippen molar-refractivity contribution >= 4 is 22.9 Å². The Morgan fingerprint density at radius 3 is 2.53 bits per heavy atom. The van der Waals surface area contributed by atoms with Crippen molar-refractivity contribution in [3.63, 3.8) is 0 Å². The van der Waals surface area contributed by atoms with E-state index in [0.717, 1.165) is 46.1 Å². The molecule has 1 aliphatic rings. The summed E-state index contributed by atoms with van der Waals surface area (Å²) in [5.41, 5.74) is 4.32. The van der Waals surface area contributed by atoms with Gasteiger partial charge in [0.2, 0.25) is 0 Å². The van der Waals surface area contributed by atoms with E-state index in [1.54, 1.807) is 45.1 Å². The van der Waals surface area contributed by atoms with Crippen molar-refractivity contribution in [3.05, 3.63) is 83.8 Å². The molecule has 3 aromatic rings. The van der Waals surface area contributed by atoms with Gasteiger partial charge in [0, 0.05) is 22.4 Å². The molecule has 0 aliphatic heterocycles. The number of hydrogen-bond donors (Lipinski definition) is 1. The van der Waals surface area contributed by atoms with Gasteiger partial charge in [-0.25, -0.2) is 4.39 Å². The molecule has 1 aliphatic carbocycles. The molecule has 1 heterocycles. The minimum absolute atomic E-state index is 0.104. The summed E-state index contributed by atoms with van der Waals surface area (Å²) in [6.45, 7) is 5.39. The Morgan fingerprint density at radius 1 is 1.15 bits per heavy atom. The Hall–Kier alpha value is -3.31. The number of para-hydroxylation sites is 1. The molecule has 1 saturated carbocycles. The minimum Gasteiger partial charge on any atom is -0.460 e. The molecule has 5 heteroatoms. The van der Waals surface area contributed by atoms with E-state index in [-0.39, 0.29) is 12.2 Å². The van der Waals surface area contributed by atoms with Crippen LogP contribution in [0.4, 0.5) is 4.39 Å². The summed E-state index contributed by atoms with van der Waals surface area (Å²) in [6.07, 6.45) is 8.30. The molecule has 0 bridgehead atoms. The van der Waals surface area contributed by atoms with Gasteiger partial charge in [0.25, 0.3) is 0 Å². The van der Waals surface area contributed by atoms with Crippen molar-refractivity contribution in [3.8, 4) is 11.1 Å². The second kappa shape index (κ2) is 9.90. The van der Waals surface area contributed by atoms with Gasteiger partial charge in [0.05, 0.1) is 23.7 Å². The van der Waals surface area contributed by atoms with Crippen LogP contribution in [0.1, 0.15) is 57.2 Å². The number of benzene rings is 2. The largest absolute Gasteiger partial charge is 0.460 e. The zero-order valence-electron chi connectivity index (χ0n) is 19.8. The number of rotatable bonds is 7. The van der Waals surface area contributed by atoms with E-state index in [1.807, 2.05) is 36.4 Å². The summed E-state index contributed by atoms with van der Waals surface area (Å²) in [5, 5.41) is 11.2. The molecule has 1 atom stereocenters. The van der Waals surface area contributed by atoms with Gasteiger partial charge in [-0.1, -0.05) is 54.6 Å². The summed E-state index contributed by atoms with van der Waals surface area (Å²) >= 11 is 0. The third-order valence-electron chi connectivity index (χ3n) is 5.56. The second-order valence-electron chi connectivity index (χ2n) is 9.69. The van der Waals surface area contributed by atoms with E-state index in [9.17, 15) is 14.3 Å². The Bertz CT molecular complexity index is 1230. The van der Waals surface area contributed by atoms with Crippen LogP contribution in [0.25, 0.3) is 28.1 Å². The van der Waals surface area contributed by atoms with Gasteiger partial charge in [-0.05, 0) is 57.4 Å². The van der Waals surface area contributed by atoms with Crippen molar-refractivity contribution < 1.29 is 19.0 Å². The van der Waals surface area contributed by atoms with Crippen molar-refractivity contribution in [2.24, 2.45) is 0 Å². The maximum Gasteiger partial charge on any atom is 0.309 e. The monoisotopic (exact) mass is 459 g/mol. The number of aliphatic hydroxyl groups is 1. The Balaban J connectivity index is 1.66. The van der Waals surface area contributed by atoms with Crippen molar-refractivity contribution in [1.82, 2.24) is 4.98 Å². The summed E-state index contributed by atoms with van der Waals surface area (Å²) in [5.74, 6) is -0.310. The predicted molar refractivity (Wildman–Crippen MR) is 134 cm³/mol. The Labute approximate surface area is 199 Å². The number of ether oxygens (including phenoxy) is 1. The van der Waals surface area contributed by atoms with Gasteiger partial charge in [-0.3, -0.25) is 9.78 Å². The lowest BCUT2D eigenvalue weighted by Crippen LogP contribution is -2.26. The van der Waals surface area contributed by atoms with Crippen LogP contribution in [0.15, 0.2) is 66.8 Å². The standard InChI is InChI=1S/C29H30FNO3/c1-29(2,3)34-26(33)18-22(32)8-4-5-10-24-27(19-14-16-21(30)17-15-19)23-9-6-7-11-25(23)31-28(24)20-12-13-20/h4-11,14-17,20,22,32H,12-13,18H2,1-3H3/b8-4+,10-5+/t22-/m1/s1. The first-order valence-electron chi connectivity index (χ1n) is 11.6. The van der Waals surface area contributed by atoms with E-state index < -0.39 is 17.7 Å². The Kier molecular flexibility index (Phi) is 6.94. The molecule has 1 N–H and O–H groups in total. The van der Waals surface area contributed by atoms with Crippen LogP contribution in [-0.4, -0.2) is 27.8 Å². The maximum atomic E-state index is 13.6. The smallest absolute Gasteiger partial charge is 0.309 e. The molecule has 1 fully saturated rings. The molecule has 176 valence electrons. The van der Waals surface area contributed by atoms with Crippen LogP contribution in [0, 0.1) is 5.82 Å². The molecule has 4 rings (SSSR count). The number of carbonyl (C=O) groups is 1. The Morgan fingerprint density at radius 2 is 1.85 bits per heavy atom. The van der Waals surface area contributed by atoms with E-state index >= 15 is 0 Å². The number of halogens is 1. The zero-order chi connectivity index (χ0) is 24.3. The first-order valence-corrected chi connectivity index (χ1v) is 11.6. The highest BCUT2D eigenvalue weighted by atomic mass is 19.1. The van der Waals surface area contributed by atoms with Crippen molar-refractivity contribution in [2.45, 2.75) is 57.7 Å². The molecular weight excluding hydrogens is 429 g/mol.